The van der Waals surface area contributed by atoms with Gasteiger partial charge in [0.2, 0.25) is 41.4 Å². The minimum Gasteiger partial charge on any atom is -0.508 e. The summed E-state index contributed by atoms with van der Waals surface area (Å²) in [7, 11) is 1.26. The predicted octanol–water partition coefficient (Wildman–Crippen LogP) is -4.62. The zero-order valence-electron chi connectivity index (χ0n) is 31.1. The molecule has 6 atom stereocenters. The van der Waals surface area contributed by atoms with Crippen molar-refractivity contribution >= 4 is 53.3 Å². The Morgan fingerprint density at radius 3 is 1.76 bits per heavy atom. The number of amides is 7. The normalized spacial score (nSPS) is 14.0. The first kappa shape index (κ1) is 46.8. The van der Waals surface area contributed by atoms with Crippen molar-refractivity contribution in [3.05, 3.63) is 29.8 Å². The quantitative estimate of drug-likeness (QED) is 0.0267. The van der Waals surface area contributed by atoms with Gasteiger partial charge in [-0.3, -0.25) is 44.4 Å². The molecule has 1 aromatic rings. The Morgan fingerprint density at radius 2 is 1.27 bits per heavy atom. The van der Waals surface area contributed by atoms with E-state index in [2.05, 4.69) is 31.9 Å². The number of phenols is 1. The van der Waals surface area contributed by atoms with Crippen molar-refractivity contribution in [3.8, 4) is 5.75 Å². The van der Waals surface area contributed by atoms with Crippen molar-refractivity contribution in [2.75, 3.05) is 20.1 Å². The molecule has 22 nitrogen and oxygen atoms in total. The molecule has 18 N–H and O–H groups in total. The van der Waals surface area contributed by atoms with E-state index in [-0.39, 0.29) is 75.7 Å². The Kier molecular flexibility index (Phi) is 20.0. The van der Waals surface area contributed by atoms with Crippen molar-refractivity contribution in [1.29, 1.82) is 10.8 Å². The van der Waals surface area contributed by atoms with Gasteiger partial charge in [-0.2, -0.15) is 0 Å². The maximum atomic E-state index is 14.1. The highest BCUT2D eigenvalue weighted by molar-refractivity contribution is 5.96. The Hall–Kier alpha value is -6.19. The van der Waals surface area contributed by atoms with Crippen LogP contribution in [0.25, 0.3) is 0 Å². The summed E-state index contributed by atoms with van der Waals surface area (Å²) < 4.78 is 0. The first-order chi connectivity index (χ1) is 25.7. The molecule has 0 aliphatic heterocycles. The van der Waals surface area contributed by atoms with Crippen LogP contribution in [0, 0.1) is 10.8 Å². The molecular weight excluding hydrogens is 722 g/mol. The number of rotatable bonds is 24. The molecule has 306 valence electrons. The third-order valence-corrected chi connectivity index (χ3v) is 8.16. The maximum absolute atomic E-state index is 14.1. The number of nitrogens with one attached hydrogen (secondary N) is 8. The summed E-state index contributed by atoms with van der Waals surface area (Å²) in [4.78, 5) is 91.7. The molecule has 1 rings (SSSR count). The van der Waals surface area contributed by atoms with E-state index in [0.29, 0.717) is 5.56 Å². The number of aliphatic hydroxyl groups is 1. The van der Waals surface area contributed by atoms with E-state index in [1.54, 1.807) is 0 Å². The van der Waals surface area contributed by atoms with Gasteiger partial charge in [-0.05, 0) is 56.7 Å². The van der Waals surface area contributed by atoms with Gasteiger partial charge in [-0.1, -0.05) is 12.1 Å². The van der Waals surface area contributed by atoms with Gasteiger partial charge in [-0.15, -0.1) is 0 Å². The molecule has 0 heterocycles. The van der Waals surface area contributed by atoms with Gasteiger partial charge >= 0.3 is 0 Å². The van der Waals surface area contributed by atoms with Gasteiger partial charge in [0.1, 0.15) is 36.0 Å². The second kappa shape index (κ2) is 23.5. The van der Waals surface area contributed by atoms with Crippen LogP contribution in [0.5, 0.6) is 5.75 Å². The number of hydrogen-bond donors (Lipinski definition) is 14. The van der Waals surface area contributed by atoms with Gasteiger partial charge in [0.25, 0.3) is 0 Å². The van der Waals surface area contributed by atoms with Gasteiger partial charge in [0, 0.05) is 39.9 Å². The summed E-state index contributed by atoms with van der Waals surface area (Å²) >= 11 is 0. The molecule has 0 bridgehead atoms. The fourth-order valence-corrected chi connectivity index (χ4v) is 5.28. The van der Waals surface area contributed by atoms with Crippen LogP contribution in [0.4, 0.5) is 0 Å². The summed E-state index contributed by atoms with van der Waals surface area (Å²) in [6, 6.07) is -1.01. The summed E-state index contributed by atoms with van der Waals surface area (Å²) in [5.74, 6) is -6.52. The minimum atomic E-state index is -1.49. The first-order valence-electron chi connectivity index (χ1n) is 17.4. The number of nitrogens with two attached hydrogens (primary N) is 4. The van der Waals surface area contributed by atoms with Crippen LogP contribution in [-0.2, 0) is 40.0 Å². The molecule has 0 aromatic heterocycles. The zero-order chi connectivity index (χ0) is 41.8. The SMILES string of the molecule is CC(=O)N[C@H](C(=O)N[C@@H](CCCNC(=N)N)C(=O)N[C@@H](CCC(N)=O)C(=O)N(C)[C@@H](CCCNC(=N)N)C(=O)NC(Cc1ccc(O)cc1)C(N)=O)[C@@H](C)O. The number of likely N-dealkylation sites (N-methyl/N-ethyl adjacent to an activating group) is 1. The highest BCUT2D eigenvalue weighted by Gasteiger charge is 2.36. The lowest BCUT2D eigenvalue weighted by atomic mass is 10.0. The van der Waals surface area contributed by atoms with Crippen molar-refractivity contribution in [2.24, 2.45) is 22.9 Å². The number of benzene rings is 1. The van der Waals surface area contributed by atoms with Crippen molar-refractivity contribution in [2.45, 2.75) is 95.1 Å². The van der Waals surface area contributed by atoms with Crippen molar-refractivity contribution in [3.63, 3.8) is 0 Å². The van der Waals surface area contributed by atoms with Crippen molar-refractivity contribution in [1.82, 2.24) is 36.8 Å². The number of carbonyl (C=O) groups excluding carboxylic acids is 7. The molecule has 0 saturated heterocycles. The Bertz CT molecular complexity index is 1520. The molecule has 0 spiro atoms. The van der Waals surface area contributed by atoms with E-state index >= 15 is 0 Å². The van der Waals surface area contributed by atoms with Crippen LogP contribution in [0.15, 0.2) is 24.3 Å². The number of aliphatic hydroxyl groups excluding tert-OH is 1. The number of guanidine groups is 2. The summed E-state index contributed by atoms with van der Waals surface area (Å²) in [6.45, 7) is 2.62. The number of carbonyl (C=O) groups is 7. The van der Waals surface area contributed by atoms with E-state index < -0.39 is 77.7 Å². The molecule has 55 heavy (non-hydrogen) atoms. The maximum Gasteiger partial charge on any atom is 0.245 e. The molecular formula is C33H55N13O9. The predicted molar refractivity (Wildman–Crippen MR) is 199 cm³/mol. The van der Waals surface area contributed by atoms with Crippen LogP contribution in [0.1, 0.15) is 57.9 Å². The van der Waals surface area contributed by atoms with Gasteiger partial charge in [-0.25, -0.2) is 0 Å². The molecule has 0 aliphatic carbocycles. The summed E-state index contributed by atoms with van der Waals surface area (Å²) in [5.41, 5.74) is 22.2. The first-order valence-corrected chi connectivity index (χ1v) is 17.4. The van der Waals surface area contributed by atoms with Crippen LogP contribution in [0.2, 0.25) is 0 Å². The Morgan fingerprint density at radius 1 is 0.745 bits per heavy atom. The number of phenolic OH excluding ortho intramolecular Hbond substituents is 1. The summed E-state index contributed by atoms with van der Waals surface area (Å²) in [6.07, 6.45) is -1.90. The summed E-state index contributed by atoms with van der Waals surface area (Å²) in [5, 5.41) is 49.5. The third-order valence-electron chi connectivity index (χ3n) is 8.16. The number of primary amides is 2. The average molecular weight is 778 g/mol. The zero-order valence-corrected chi connectivity index (χ0v) is 31.1. The van der Waals surface area contributed by atoms with Crippen LogP contribution in [0.3, 0.4) is 0 Å². The lowest BCUT2D eigenvalue weighted by Crippen LogP contribution is -2.60. The molecule has 0 fully saturated rings. The van der Waals surface area contributed by atoms with E-state index in [4.69, 9.17) is 33.8 Å². The lowest BCUT2D eigenvalue weighted by molar-refractivity contribution is -0.143. The lowest BCUT2D eigenvalue weighted by Gasteiger charge is -2.32. The highest BCUT2D eigenvalue weighted by Crippen LogP contribution is 2.14. The monoisotopic (exact) mass is 777 g/mol. The standard InChI is InChI=1S/C33H55N13O9/c1-17(47)26(42-18(2)48)30(54)43-21(6-4-14-40-32(36)37)28(52)44-22(12-13-25(34)50)31(55)46(3)24(7-5-15-41-33(38)39)29(53)45-23(27(35)51)16-19-8-10-20(49)11-9-19/h8-11,17,21-24,26,47,49H,4-7,12-16H2,1-3H3,(H2,34,50)(H2,35,51)(H,42,48)(H,43,54)(H,44,52)(H,45,53)(H4,36,37,40)(H4,38,39,41)/t17-,21+,22+,23?,24+,26+/m1/s1. The van der Waals surface area contributed by atoms with Gasteiger partial charge < -0.3 is 69.9 Å². The van der Waals surface area contributed by atoms with E-state index in [9.17, 15) is 43.8 Å². The van der Waals surface area contributed by atoms with Crippen LogP contribution in [-0.4, -0.2) is 125 Å². The van der Waals surface area contributed by atoms with E-state index in [1.807, 2.05) is 0 Å². The topological polar surface area (TPSA) is 387 Å². The molecule has 1 unspecified atom stereocenters. The second-order valence-electron chi connectivity index (χ2n) is 12.8. The Balaban J connectivity index is 3.44. The van der Waals surface area contributed by atoms with E-state index in [0.717, 1.165) is 11.8 Å². The average Bonchev–Trinajstić information content (AvgIpc) is 3.09. The third kappa shape index (κ3) is 17.9. The van der Waals surface area contributed by atoms with Gasteiger partial charge in [0.15, 0.2) is 11.9 Å². The largest absolute Gasteiger partial charge is 0.508 e. The smallest absolute Gasteiger partial charge is 0.245 e. The highest BCUT2D eigenvalue weighted by atomic mass is 16.3. The number of nitrogens with zero attached hydrogens (tertiary/aromatic N) is 1. The molecule has 0 aliphatic rings. The molecule has 0 saturated carbocycles. The van der Waals surface area contributed by atoms with Crippen LogP contribution < -0.4 is 54.8 Å². The molecule has 7 amide bonds. The number of aromatic hydroxyl groups is 1. The van der Waals surface area contributed by atoms with Gasteiger partial charge in [0.05, 0.1) is 6.10 Å². The van der Waals surface area contributed by atoms with Crippen LogP contribution >= 0.6 is 0 Å². The molecule has 22 heteroatoms. The Labute approximate surface area is 318 Å². The second-order valence-corrected chi connectivity index (χ2v) is 12.8. The molecule has 0 radical (unpaired) electrons. The van der Waals surface area contributed by atoms with E-state index in [1.165, 1.54) is 38.2 Å². The molecule has 1 aromatic carbocycles. The fraction of sp³-hybridized carbons (Fsp3) is 0.545. The minimum absolute atomic E-state index is 0.0200. The number of hydrogen-bond acceptors (Lipinski definition) is 11. The fourth-order valence-electron chi connectivity index (χ4n) is 5.28. The van der Waals surface area contributed by atoms with Crippen molar-refractivity contribution < 1.29 is 43.8 Å².